The monoisotopic (exact) mass is 460 g/mol. The molecule has 1 fully saturated rings. The first-order chi connectivity index (χ1) is 14.8. The molecule has 162 valence electrons. The van der Waals surface area contributed by atoms with Crippen molar-refractivity contribution >= 4 is 33.8 Å². The highest BCUT2D eigenvalue weighted by Crippen LogP contribution is 2.41. The average Bonchev–Trinajstić information content (AvgIpc) is 2.76. The van der Waals surface area contributed by atoms with Gasteiger partial charge in [-0.05, 0) is 11.1 Å². The van der Waals surface area contributed by atoms with Crippen LogP contribution in [-0.4, -0.2) is 48.6 Å². The maximum absolute atomic E-state index is 13.3. The fourth-order valence-corrected chi connectivity index (χ4v) is 5.25. The van der Waals surface area contributed by atoms with E-state index in [0.717, 1.165) is 22.3 Å². The topological polar surface area (TPSA) is 116 Å². The number of hydrogen-bond donors (Lipinski definition) is 1. The molecule has 0 aliphatic carbocycles. The molecule has 8 nitrogen and oxygen atoms in total. The summed E-state index contributed by atoms with van der Waals surface area (Å²) in [5, 5.41) is -0.478. The van der Waals surface area contributed by atoms with Gasteiger partial charge in [0, 0.05) is 0 Å². The van der Waals surface area contributed by atoms with Gasteiger partial charge in [0.15, 0.2) is 17.6 Å². The highest BCUT2D eigenvalue weighted by Gasteiger charge is 2.53. The maximum atomic E-state index is 13.3. The minimum atomic E-state index is -3.92. The largest absolute Gasteiger partial charge is 0.448 e. The number of hydrogen-bond acceptors (Lipinski definition) is 8. The van der Waals surface area contributed by atoms with Gasteiger partial charge in [-0.15, -0.1) is 11.8 Å². The quantitative estimate of drug-likeness (QED) is 0.394. The number of esters is 1. The van der Waals surface area contributed by atoms with E-state index in [1.807, 2.05) is 60.7 Å². The Morgan fingerprint density at radius 3 is 2.16 bits per heavy atom. The molecule has 31 heavy (non-hydrogen) atoms. The lowest BCUT2D eigenvalue weighted by Crippen LogP contribution is -2.68. The summed E-state index contributed by atoms with van der Waals surface area (Å²) in [7, 11) is -3.92. The van der Waals surface area contributed by atoms with Gasteiger partial charge in [0.05, 0.1) is 12.0 Å². The highest BCUT2D eigenvalue weighted by atomic mass is 32.2. The Balaban J connectivity index is 1.72. The first-order valence-corrected chi connectivity index (χ1v) is 12.3. The minimum Gasteiger partial charge on any atom is -0.448 e. The van der Waals surface area contributed by atoms with Crippen LogP contribution in [0.4, 0.5) is 0 Å². The average molecular weight is 461 g/mol. The standard InChI is InChI=1S/C21H20N2O6S2/c1-31(26,27)29-15-12-30-20-16(22)19(24)23(20)17(15)21(25)28-18(13-8-4-2-5-9-13)14-10-6-3-7-11-14/h2-11,16,18,20H,12,22H2,1H3/t16?,20-/m1/s1. The van der Waals surface area contributed by atoms with Crippen LogP contribution in [0.25, 0.3) is 0 Å². The molecular formula is C21H20N2O6S2. The number of carbonyl (C=O) groups excluding carboxylic acids is 2. The van der Waals surface area contributed by atoms with Crippen LogP contribution in [0.5, 0.6) is 0 Å². The summed E-state index contributed by atoms with van der Waals surface area (Å²) in [4.78, 5) is 26.8. The van der Waals surface area contributed by atoms with Crippen LogP contribution in [0.1, 0.15) is 17.2 Å². The minimum absolute atomic E-state index is 0.0704. The zero-order valence-electron chi connectivity index (χ0n) is 16.5. The van der Waals surface area contributed by atoms with Crippen molar-refractivity contribution in [2.24, 2.45) is 5.73 Å². The summed E-state index contributed by atoms with van der Waals surface area (Å²) in [5.74, 6) is -1.42. The molecule has 4 rings (SSSR count). The summed E-state index contributed by atoms with van der Waals surface area (Å²) in [6.45, 7) is 0. The van der Waals surface area contributed by atoms with Gasteiger partial charge in [-0.3, -0.25) is 9.69 Å². The van der Waals surface area contributed by atoms with Gasteiger partial charge in [-0.2, -0.15) is 8.42 Å². The van der Waals surface area contributed by atoms with Crippen molar-refractivity contribution in [3.63, 3.8) is 0 Å². The lowest BCUT2D eigenvalue weighted by atomic mass is 10.0. The summed E-state index contributed by atoms with van der Waals surface area (Å²) in [5.41, 5.74) is 7.07. The molecule has 1 amide bonds. The summed E-state index contributed by atoms with van der Waals surface area (Å²) < 4.78 is 34.3. The number of β-lactam (4-membered cyclic amide) rings is 1. The molecule has 10 heteroatoms. The fourth-order valence-electron chi connectivity index (χ4n) is 3.47. The Morgan fingerprint density at radius 2 is 1.65 bits per heavy atom. The first kappa shape index (κ1) is 21.4. The second kappa shape index (κ2) is 8.37. The molecule has 2 aliphatic rings. The Morgan fingerprint density at radius 1 is 1.10 bits per heavy atom. The van der Waals surface area contributed by atoms with Crippen molar-refractivity contribution in [3.05, 3.63) is 83.2 Å². The van der Waals surface area contributed by atoms with E-state index in [9.17, 15) is 18.0 Å². The Hall–Kier alpha value is -2.82. The second-order valence-electron chi connectivity index (χ2n) is 7.10. The number of nitrogens with zero attached hydrogens (tertiary/aromatic N) is 1. The highest BCUT2D eigenvalue weighted by molar-refractivity contribution is 8.00. The van der Waals surface area contributed by atoms with E-state index >= 15 is 0 Å². The van der Waals surface area contributed by atoms with Gasteiger partial charge < -0.3 is 14.7 Å². The number of rotatable bonds is 6. The Bertz CT molecular complexity index is 1100. The fraction of sp³-hybridized carbons (Fsp3) is 0.238. The molecule has 2 N–H and O–H groups in total. The molecule has 2 aromatic carbocycles. The first-order valence-electron chi connectivity index (χ1n) is 9.40. The normalized spacial score (nSPS) is 20.9. The number of thioether (sulfide) groups is 1. The molecule has 2 atom stereocenters. The van der Waals surface area contributed by atoms with Gasteiger partial charge in [0.25, 0.3) is 0 Å². The molecule has 2 heterocycles. The molecule has 0 radical (unpaired) electrons. The molecule has 1 saturated heterocycles. The molecular weight excluding hydrogens is 440 g/mol. The van der Waals surface area contributed by atoms with Crippen LogP contribution in [0.15, 0.2) is 72.1 Å². The number of ether oxygens (including phenoxy) is 1. The van der Waals surface area contributed by atoms with Crippen LogP contribution in [-0.2, 0) is 28.6 Å². The van der Waals surface area contributed by atoms with Crippen molar-refractivity contribution in [1.29, 1.82) is 0 Å². The van der Waals surface area contributed by atoms with E-state index in [0.29, 0.717) is 0 Å². The van der Waals surface area contributed by atoms with Gasteiger partial charge in [-0.25, -0.2) is 4.79 Å². The predicted octanol–water partition coefficient (Wildman–Crippen LogP) is 1.75. The van der Waals surface area contributed by atoms with E-state index in [-0.39, 0.29) is 17.2 Å². The van der Waals surface area contributed by atoms with Gasteiger partial charge in [0.2, 0.25) is 5.91 Å². The van der Waals surface area contributed by atoms with Crippen LogP contribution in [0.3, 0.4) is 0 Å². The van der Waals surface area contributed by atoms with E-state index in [4.69, 9.17) is 14.7 Å². The molecule has 1 unspecified atom stereocenters. The Kier molecular flexibility index (Phi) is 5.78. The molecule has 0 saturated carbocycles. The van der Waals surface area contributed by atoms with E-state index < -0.39 is 39.5 Å². The molecule has 2 aliphatic heterocycles. The number of nitrogens with two attached hydrogens (primary N) is 1. The summed E-state index contributed by atoms with van der Waals surface area (Å²) >= 11 is 1.23. The SMILES string of the molecule is CS(=O)(=O)OC1=C(C(=O)OC(c2ccccc2)c2ccccc2)N2C(=O)C(N)[C@H]2SC1. The van der Waals surface area contributed by atoms with Crippen LogP contribution >= 0.6 is 11.8 Å². The predicted molar refractivity (Wildman–Crippen MR) is 115 cm³/mol. The zero-order chi connectivity index (χ0) is 22.2. The van der Waals surface area contributed by atoms with Gasteiger partial charge >= 0.3 is 16.1 Å². The molecule has 0 spiro atoms. The Labute approximate surface area is 184 Å². The zero-order valence-corrected chi connectivity index (χ0v) is 18.1. The van der Waals surface area contributed by atoms with Crippen molar-refractivity contribution in [2.75, 3.05) is 12.0 Å². The maximum Gasteiger partial charge on any atom is 0.359 e. The lowest BCUT2D eigenvalue weighted by Gasteiger charge is -2.47. The van der Waals surface area contributed by atoms with Crippen LogP contribution in [0.2, 0.25) is 0 Å². The van der Waals surface area contributed by atoms with Crippen LogP contribution in [0, 0.1) is 0 Å². The van der Waals surface area contributed by atoms with Gasteiger partial charge in [-0.1, -0.05) is 60.7 Å². The van der Waals surface area contributed by atoms with Crippen molar-refractivity contribution in [3.8, 4) is 0 Å². The summed E-state index contributed by atoms with van der Waals surface area (Å²) in [6, 6.07) is 17.5. The number of fused-ring (bicyclic) bond motifs is 1. The summed E-state index contributed by atoms with van der Waals surface area (Å²) in [6.07, 6.45) is 0.111. The third-order valence-electron chi connectivity index (χ3n) is 4.85. The smallest absolute Gasteiger partial charge is 0.359 e. The number of amides is 1. The van der Waals surface area contributed by atoms with Crippen molar-refractivity contribution < 1.29 is 26.9 Å². The van der Waals surface area contributed by atoms with E-state index in [1.165, 1.54) is 11.8 Å². The van der Waals surface area contributed by atoms with Gasteiger partial charge in [0.1, 0.15) is 11.4 Å². The molecule has 0 aromatic heterocycles. The van der Waals surface area contributed by atoms with Crippen molar-refractivity contribution in [1.82, 2.24) is 4.90 Å². The van der Waals surface area contributed by atoms with Crippen LogP contribution < -0.4 is 5.73 Å². The lowest BCUT2D eigenvalue weighted by molar-refractivity contribution is -0.153. The van der Waals surface area contributed by atoms with Crippen molar-refractivity contribution in [2.45, 2.75) is 17.5 Å². The number of carbonyl (C=O) groups is 2. The third kappa shape index (κ3) is 4.32. The van der Waals surface area contributed by atoms with E-state index in [2.05, 4.69) is 0 Å². The second-order valence-corrected chi connectivity index (χ2v) is 9.78. The number of benzene rings is 2. The van der Waals surface area contributed by atoms with E-state index in [1.54, 1.807) is 0 Å². The molecule has 0 bridgehead atoms. The molecule has 2 aromatic rings. The third-order valence-corrected chi connectivity index (χ3v) is 6.63.